The van der Waals surface area contributed by atoms with Crippen molar-refractivity contribution in [2.45, 2.75) is 32.2 Å². The van der Waals surface area contributed by atoms with Crippen molar-refractivity contribution in [3.8, 4) is 0 Å². The number of nitrogens with zero attached hydrogens (tertiary/aromatic N) is 1. The molecule has 0 atom stereocenters. The number of fused-ring (bicyclic) bond motifs is 1. The van der Waals surface area contributed by atoms with Gasteiger partial charge >= 0.3 is 0 Å². The van der Waals surface area contributed by atoms with Crippen molar-refractivity contribution in [1.82, 2.24) is 14.9 Å². The number of thiophene rings is 1. The number of amides is 1. The predicted molar refractivity (Wildman–Crippen MR) is 108 cm³/mol. The minimum absolute atomic E-state index is 0.0483. The molecular formula is C19H21N3O2S2. The molecule has 2 heterocycles. The summed E-state index contributed by atoms with van der Waals surface area (Å²) in [4.78, 5) is 27.4. The zero-order valence-corrected chi connectivity index (χ0v) is 16.0. The first kappa shape index (κ1) is 18.5. The summed E-state index contributed by atoms with van der Waals surface area (Å²) in [5, 5.41) is 4.82. The average molecular weight is 388 g/mol. The van der Waals surface area contributed by atoms with E-state index in [9.17, 15) is 9.59 Å². The molecule has 0 saturated heterocycles. The van der Waals surface area contributed by atoms with Crippen molar-refractivity contribution in [3.63, 3.8) is 0 Å². The van der Waals surface area contributed by atoms with Gasteiger partial charge in [0.25, 0.3) is 5.56 Å². The van der Waals surface area contributed by atoms with Crippen LogP contribution in [0, 0.1) is 4.77 Å². The number of rotatable bonds is 8. The predicted octanol–water partition coefficient (Wildman–Crippen LogP) is 3.65. The fraction of sp³-hybridized carbons (Fsp3) is 0.316. The molecule has 136 valence electrons. The number of unbranched alkanes of at least 4 members (excludes halogenated alkanes) is 1. The Balaban J connectivity index is 1.42. The summed E-state index contributed by atoms with van der Waals surface area (Å²) in [6.07, 6.45) is 2.75. The van der Waals surface area contributed by atoms with Gasteiger partial charge in [-0.3, -0.25) is 14.2 Å². The van der Waals surface area contributed by atoms with Gasteiger partial charge in [-0.15, -0.1) is 11.3 Å². The minimum Gasteiger partial charge on any atom is -0.356 e. The van der Waals surface area contributed by atoms with Gasteiger partial charge < -0.3 is 10.3 Å². The second-order valence-corrected chi connectivity index (χ2v) is 7.40. The summed E-state index contributed by atoms with van der Waals surface area (Å²) >= 11 is 6.68. The van der Waals surface area contributed by atoms with Crippen molar-refractivity contribution in [1.29, 1.82) is 0 Å². The lowest BCUT2D eigenvalue weighted by Gasteiger charge is -2.07. The van der Waals surface area contributed by atoms with Crippen LogP contribution in [0.1, 0.15) is 24.8 Å². The van der Waals surface area contributed by atoms with E-state index >= 15 is 0 Å². The van der Waals surface area contributed by atoms with Gasteiger partial charge in [-0.2, -0.15) is 0 Å². The van der Waals surface area contributed by atoms with Crippen LogP contribution in [0.4, 0.5) is 0 Å². The van der Waals surface area contributed by atoms with E-state index in [1.165, 1.54) is 16.9 Å². The van der Waals surface area contributed by atoms with E-state index in [4.69, 9.17) is 12.2 Å². The Bertz CT molecular complexity index is 989. The molecule has 2 N–H and O–H groups in total. The highest BCUT2D eigenvalue weighted by atomic mass is 32.1. The van der Waals surface area contributed by atoms with E-state index < -0.39 is 0 Å². The Morgan fingerprint density at radius 2 is 2.00 bits per heavy atom. The van der Waals surface area contributed by atoms with Crippen LogP contribution in [0.15, 0.2) is 46.6 Å². The Hall–Kier alpha value is -2.25. The molecule has 0 unspecified atom stereocenters. The summed E-state index contributed by atoms with van der Waals surface area (Å²) < 4.78 is 2.71. The SMILES string of the molecule is O=C(CCCCn1c(=S)[nH]c2ccsc2c1=O)NCCc1ccccc1. The Labute approximate surface area is 160 Å². The molecule has 3 aromatic rings. The molecule has 0 spiro atoms. The number of hydrogen-bond acceptors (Lipinski definition) is 4. The van der Waals surface area contributed by atoms with Crippen LogP contribution in [0.2, 0.25) is 0 Å². The Kier molecular flexibility index (Phi) is 6.35. The zero-order chi connectivity index (χ0) is 18.4. The second kappa shape index (κ2) is 8.91. The van der Waals surface area contributed by atoms with Crippen molar-refractivity contribution in [3.05, 3.63) is 62.5 Å². The molecular weight excluding hydrogens is 366 g/mol. The standard InChI is InChI=1S/C19H21N3O2S2/c23-16(20-11-9-14-6-2-1-3-7-14)8-4-5-12-22-18(24)17-15(10-13-26-17)21-19(22)25/h1-3,6-7,10,13H,4-5,8-9,11-12H2,(H,20,23)(H,21,25). The number of benzene rings is 1. The molecule has 5 nitrogen and oxygen atoms in total. The molecule has 0 saturated carbocycles. The third-order valence-corrected chi connectivity index (χ3v) is 5.43. The van der Waals surface area contributed by atoms with E-state index in [0.29, 0.717) is 29.0 Å². The van der Waals surface area contributed by atoms with E-state index in [1.807, 2.05) is 29.6 Å². The van der Waals surface area contributed by atoms with Crippen molar-refractivity contribution >= 4 is 39.7 Å². The van der Waals surface area contributed by atoms with Gasteiger partial charge in [0.2, 0.25) is 5.91 Å². The lowest BCUT2D eigenvalue weighted by atomic mass is 10.1. The minimum atomic E-state index is -0.0499. The molecule has 0 aliphatic carbocycles. The normalized spacial score (nSPS) is 10.9. The maximum absolute atomic E-state index is 12.4. The van der Waals surface area contributed by atoms with E-state index in [-0.39, 0.29) is 11.5 Å². The van der Waals surface area contributed by atoms with Crippen molar-refractivity contribution < 1.29 is 4.79 Å². The van der Waals surface area contributed by atoms with Gasteiger partial charge in [0.15, 0.2) is 4.77 Å². The molecule has 0 bridgehead atoms. The molecule has 2 aromatic heterocycles. The molecule has 0 aliphatic heterocycles. The van der Waals surface area contributed by atoms with Crippen LogP contribution >= 0.6 is 23.6 Å². The summed E-state index contributed by atoms with van der Waals surface area (Å²) in [7, 11) is 0. The summed E-state index contributed by atoms with van der Waals surface area (Å²) in [5.74, 6) is 0.0483. The first-order valence-electron chi connectivity index (χ1n) is 8.66. The number of carbonyl (C=O) groups excluding carboxylic acids is 1. The van der Waals surface area contributed by atoms with Gasteiger partial charge in [-0.25, -0.2) is 0 Å². The molecule has 7 heteroatoms. The third-order valence-electron chi connectivity index (χ3n) is 4.21. The highest BCUT2D eigenvalue weighted by Gasteiger charge is 2.07. The molecule has 3 rings (SSSR count). The van der Waals surface area contributed by atoms with Gasteiger partial charge in [0.05, 0.1) is 5.52 Å². The maximum atomic E-state index is 12.4. The lowest BCUT2D eigenvalue weighted by molar-refractivity contribution is -0.121. The average Bonchev–Trinajstić information content (AvgIpc) is 3.10. The van der Waals surface area contributed by atoms with Crippen LogP contribution in [0.5, 0.6) is 0 Å². The number of carbonyl (C=O) groups is 1. The topological polar surface area (TPSA) is 66.9 Å². The van der Waals surface area contributed by atoms with E-state index in [2.05, 4.69) is 22.4 Å². The highest BCUT2D eigenvalue weighted by Crippen LogP contribution is 2.14. The Morgan fingerprint density at radius 3 is 2.81 bits per heavy atom. The van der Waals surface area contributed by atoms with E-state index in [1.54, 1.807) is 4.57 Å². The van der Waals surface area contributed by atoms with Crippen LogP contribution in [0.25, 0.3) is 10.2 Å². The highest BCUT2D eigenvalue weighted by molar-refractivity contribution is 7.71. The van der Waals surface area contributed by atoms with Crippen molar-refractivity contribution in [2.24, 2.45) is 0 Å². The molecule has 0 radical (unpaired) electrons. The zero-order valence-electron chi connectivity index (χ0n) is 14.4. The maximum Gasteiger partial charge on any atom is 0.272 e. The van der Waals surface area contributed by atoms with Crippen LogP contribution < -0.4 is 10.9 Å². The lowest BCUT2D eigenvalue weighted by Crippen LogP contribution is -2.25. The first-order chi connectivity index (χ1) is 12.6. The van der Waals surface area contributed by atoms with Gasteiger partial charge in [-0.1, -0.05) is 30.3 Å². The largest absolute Gasteiger partial charge is 0.356 e. The number of aromatic nitrogens is 2. The van der Waals surface area contributed by atoms with Crippen LogP contribution in [0.3, 0.4) is 0 Å². The monoisotopic (exact) mass is 387 g/mol. The van der Waals surface area contributed by atoms with E-state index in [0.717, 1.165) is 24.8 Å². The fourth-order valence-electron chi connectivity index (χ4n) is 2.81. The summed E-state index contributed by atoms with van der Waals surface area (Å²) in [6, 6.07) is 11.9. The smallest absolute Gasteiger partial charge is 0.272 e. The number of hydrogen-bond donors (Lipinski definition) is 2. The summed E-state index contributed by atoms with van der Waals surface area (Å²) in [6.45, 7) is 1.17. The summed E-state index contributed by atoms with van der Waals surface area (Å²) in [5.41, 5.74) is 1.95. The van der Waals surface area contributed by atoms with Crippen molar-refractivity contribution in [2.75, 3.05) is 6.54 Å². The molecule has 0 aliphatic rings. The van der Waals surface area contributed by atoms with Gasteiger partial charge in [0.1, 0.15) is 4.70 Å². The third kappa shape index (κ3) is 4.68. The first-order valence-corrected chi connectivity index (χ1v) is 9.95. The van der Waals surface area contributed by atoms with Crippen LogP contribution in [-0.2, 0) is 17.8 Å². The number of nitrogens with one attached hydrogen (secondary N) is 2. The van der Waals surface area contributed by atoms with Gasteiger partial charge in [-0.05, 0) is 48.5 Å². The molecule has 1 amide bonds. The number of H-pyrrole nitrogens is 1. The van der Waals surface area contributed by atoms with Gasteiger partial charge in [0, 0.05) is 19.5 Å². The Morgan fingerprint density at radius 1 is 1.19 bits per heavy atom. The van der Waals surface area contributed by atoms with Crippen LogP contribution in [-0.4, -0.2) is 22.0 Å². The molecule has 1 aromatic carbocycles. The number of aromatic amines is 1. The molecule has 0 fully saturated rings. The fourth-order valence-corrected chi connectivity index (χ4v) is 3.89. The quantitative estimate of drug-likeness (QED) is 0.458. The second-order valence-electron chi connectivity index (χ2n) is 6.09. The molecule has 26 heavy (non-hydrogen) atoms.